The van der Waals surface area contributed by atoms with E-state index >= 15 is 0 Å². The summed E-state index contributed by atoms with van der Waals surface area (Å²) in [4.78, 5) is 11.1. The van der Waals surface area contributed by atoms with E-state index in [4.69, 9.17) is 5.73 Å². The third-order valence-electron chi connectivity index (χ3n) is 2.66. The highest BCUT2D eigenvalue weighted by atomic mass is 16.1. The van der Waals surface area contributed by atoms with Crippen LogP contribution in [0.3, 0.4) is 0 Å². The summed E-state index contributed by atoms with van der Waals surface area (Å²) in [5, 5.41) is 2.82. The third kappa shape index (κ3) is 1.58. The lowest BCUT2D eigenvalue weighted by atomic mass is 9.95. The standard InChI is InChI=1S/C11H14N2O/c1-7-2-3-10(12)9(4-7)8-5-11(14)13-6-8/h2-4,8H,5-6,12H2,1H3,(H,13,14). The van der Waals surface area contributed by atoms with Gasteiger partial charge in [0.15, 0.2) is 0 Å². The summed E-state index contributed by atoms with van der Waals surface area (Å²) in [6, 6.07) is 5.97. The number of carbonyl (C=O) groups is 1. The second-order valence-electron chi connectivity index (χ2n) is 3.84. The molecule has 1 aliphatic rings. The Kier molecular flexibility index (Phi) is 2.15. The van der Waals surface area contributed by atoms with Gasteiger partial charge in [-0.15, -0.1) is 0 Å². The first-order valence-corrected chi connectivity index (χ1v) is 4.79. The highest BCUT2D eigenvalue weighted by Crippen LogP contribution is 2.28. The molecule has 14 heavy (non-hydrogen) atoms. The minimum absolute atomic E-state index is 0.121. The first-order valence-electron chi connectivity index (χ1n) is 4.79. The smallest absolute Gasteiger partial charge is 0.220 e. The van der Waals surface area contributed by atoms with Gasteiger partial charge in [-0.05, 0) is 18.6 Å². The van der Waals surface area contributed by atoms with E-state index in [9.17, 15) is 4.79 Å². The summed E-state index contributed by atoms with van der Waals surface area (Å²) in [7, 11) is 0. The molecule has 1 aliphatic heterocycles. The topological polar surface area (TPSA) is 55.1 Å². The van der Waals surface area contributed by atoms with Gasteiger partial charge in [-0.3, -0.25) is 4.79 Å². The maximum absolute atomic E-state index is 11.1. The van der Waals surface area contributed by atoms with Crippen LogP contribution in [0.5, 0.6) is 0 Å². The molecule has 1 fully saturated rings. The maximum atomic E-state index is 11.1. The zero-order chi connectivity index (χ0) is 10.1. The second-order valence-corrected chi connectivity index (χ2v) is 3.84. The number of hydrogen-bond acceptors (Lipinski definition) is 2. The summed E-state index contributed by atoms with van der Waals surface area (Å²) in [6.45, 7) is 2.75. The molecule has 74 valence electrons. The average molecular weight is 190 g/mol. The SMILES string of the molecule is Cc1ccc(N)c(C2CNC(=O)C2)c1. The number of nitrogen functional groups attached to an aromatic ring is 1. The minimum atomic E-state index is 0.121. The molecule has 1 aromatic carbocycles. The molecule has 3 N–H and O–H groups in total. The molecular weight excluding hydrogens is 176 g/mol. The monoisotopic (exact) mass is 190 g/mol. The van der Waals surface area contributed by atoms with Crippen molar-refractivity contribution >= 4 is 11.6 Å². The highest BCUT2D eigenvalue weighted by molar-refractivity contribution is 5.80. The largest absolute Gasteiger partial charge is 0.398 e. The van der Waals surface area contributed by atoms with Crippen molar-refractivity contribution in [3.05, 3.63) is 29.3 Å². The van der Waals surface area contributed by atoms with Crippen molar-refractivity contribution in [2.75, 3.05) is 12.3 Å². The Balaban J connectivity index is 2.31. The number of nitrogens with one attached hydrogen (secondary N) is 1. The molecule has 1 aromatic rings. The predicted octanol–water partition coefficient (Wildman–Crippen LogP) is 1.18. The number of aryl methyl sites for hydroxylation is 1. The Bertz CT molecular complexity index is 374. The quantitative estimate of drug-likeness (QED) is 0.653. The molecule has 3 heteroatoms. The van der Waals surface area contributed by atoms with E-state index in [-0.39, 0.29) is 11.8 Å². The average Bonchev–Trinajstić information content (AvgIpc) is 2.56. The van der Waals surface area contributed by atoms with Gasteiger partial charge in [0.1, 0.15) is 0 Å². The molecule has 0 spiro atoms. The van der Waals surface area contributed by atoms with E-state index in [0.29, 0.717) is 13.0 Å². The molecule has 1 heterocycles. The summed E-state index contributed by atoms with van der Waals surface area (Å²) >= 11 is 0. The number of rotatable bonds is 1. The molecular formula is C11H14N2O. The van der Waals surface area contributed by atoms with Gasteiger partial charge in [0.05, 0.1) is 0 Å². The van der Waals surface area contributed by atoms with Crippen molar-refractivity contribution in [1.29, 1.82) is 0 Å². The van der Waals surface area contributed by atoms with Crippen LogP contribution in [0.2, 0.25) is 0 Å². The first-order chi connectivity index (χ1) is 6.66. The van der Waals surface area contributed by atoms with Gasteiger partial charge in [-0.25, -0.2) is 0 Å². The fourth-order valence-corrected chi connectivity index (χ4v) is 1.87. The molecule has 2 rings (SSSR count). The van der Waals surface area contributed by atoms with Crippen LogP contribution in [0.15, 0.2) is 18.2 Å². The van der Waals surface area contributed by atoms with E-state index in [0.717, 1.165) is 11.3 Å². The van der Waals surface area contributed by atoms with E-state index in [2.05, 4.69) is 11.4 Å². The molecule has 1 amide bonds. The lowest BCUT2D eigenvalue weighted by molar-refractivity contribution is -0.119. The van der Waals surface area contributed by atoms with E-state index in [1.54, 1.807) is 0 Å². The molecule has 0 bridgehead atoms. The Morgan fingerprint density at radius 1 is 1.50 bits per heavy atom. The summed E-state index contributed by atoms with van der Waals surface area (Å²) in [6.07, 6.45) is 0.563. The molecule has 0 radical (unpaired) electrons. The van der Waals surface area contributed by atoms with Gasteiger partial charge >= 0.3 is 0 Å². The predicted molar refractivity (Wildman–Crippen MR) is 56.0 cm³/mol. The van der Waals surface area contributed by atoms with Crippen molar-refractivity contribution < 1.29 is 4.79 Å². The zero-order valence-corrected chi connectivity index (χ0v) is 8.21. The van der Waals surface area contributed by atoms with Crippen LogP contribution >= 0.6 is 0 Å². The van der Waals surface area contributed by atoms with Crippen molar-refractivity contribution in [1.82, 2.24) is 5.32 Å². The number of hydrogen-bond donors (Lipinski definition) is 2. The van der Waals surface area contributed by atoms with Gasteiger partial charge in [-0.1, -0.05) is 17.7 Å². The number of amides is 1. The molecule has 3 nitrogen and oxygen atoms in total. The molecule has 0 aromatic heterocycles. The normalized spacial score (nSPS) is 20.9. The fourth-order valence-electron chi connectivity index (χ4n) is 1.87. The zero-order valence-electron chi connectivity index (χ0n) is 8.21. The molecule has 0 aliphatic carbocycles. The van der Waals surface area contributed by atoms with Crippen molar-refractivity contribution in [2.24, 2.45) is 0 Å². The van der Waals surface area contributed by atoms with E-state index in [1.807, 2.05) is 19.1 Å². The molecule has 1 unspecified atom stereocenters. The number of anilines is 1. The summed E-state index contributed by atoms with van der Waals surface area (Å²) < 4.78 is 0. The van der Waals surface area contributed by atoms with Gasteiger partial charge in [0.2, 0.25) is 5.91 Å². The number of carbonyl (C=O) groups excluding carboxylic acids is 1. The fraction of sp³-hybridized carbons (Fsp3) is 0.364. The summed E-state index contributed by atoms with van der Waals surface area (Å²) in [5.74, 6) is 0.373. The third-order valence-corrected chi connectivity index (χ3v) is 2.66. The van der Waals surface area contributed by atoms with E-state index < -0.39 is 0 Å². The van der Waals surface area contributed by atoms with Gasteiger partial charge in [-0.2, -0.15) is 0 Å². The van der Waals surface area contributed by atoms with E-state index in [1.165, 1.54) is 5.56 Å². The second kappa shape index (κ2) is 3.33. The van der Waals surface area contributed by atoms with Crippen molar-refractivity contribution in [2.45, 2.75) is 19.3 Å². The van der Waals surface area contributed by atoms with Crippen LogP contribution in [0, 0.1) is 6.92 Å². The Hall–Kier alpha value is -1.51. The lowest BCUT2D eigenvalue weighted by Gasteiger charge is -2.11. The molecule has 0 saturated carbocycles. The van der Waals surface area contributed by atoms with Crippen LogP contribution in [-0.2, 0) is 4.79 Å². The number of benzene rings is 1. The number of nitrogens with two attached hydrogens (primary N) is 1. The van der Waals surface area contributed by atoms with Crippen molar-refractivity contribution in [3.63, 3.8) is 0 Å². The maximum Gasteiger partial charge on any atom is 0.220 e. The minimum Gasteiger partial charge on any atom is -0.398 e. The lowest BCUT2D eigenvalue weighted by Crippen LogP contribution is -2.13. The Morgan fingerprint density at radius 3 is 2.93 bits per heavy atom. The first kappa shape index (κ1) is 9.06. The van der Waals surface area contributed by atoms with Crippen LogP contribution in [0.4, 0.5) is 5.69 Å². The van der Waals surface area contributed by atoms with Gasteiger partial charge < -0.3 is 11.1 Å². The van der Waals surface area contributed by atoms with Crippen molar-refractivity contribution in [3.8, 4) is 0 Å². The van der Waals surface area contributed by atoms with Gasteiger partial charge in [0.25, 0.3) is 0 Å². The molecule has 1 atom stereocenters. The van der Waals surface area contributed by atoms with Crippen LogP contribution < -0.4 is 11.1 Å². The Morgan fingerprint density at radius 2 is 2.29 bits per heavy atom. The van der Waals surface area contributed by atoms with Crippen LogP contribution in [0.1, 0.15) is 23.5 Å². The molecule has 1 saturated heterocycles. The van der Waals surface area contributed by atoms with Crippen LogP contribution in [0.25, 0.3) is 0 Å². The summed E-state index contributed by atoms with van der Waals surface area (Å²) in [5.41, 5.74) is 8.95. The highest BCUT2D eigenvalue weighted by Gasteiger charge is 2.24. The van der Waals surface area contributed by atoms with Gasteiger partial charge in [0, 0.05) is 24.6 Å². The van der Waals surface area contributed by atoms with Crippen LogP contribution in [-0.4, -0.2) is 12.5 Å². The Labute approximate surface area is 83.3 Å².